The molecule has 0 heterocycles. The van der Waals surface area contributed by atoms with Crippen LogP contribution >= 0.6 is 0 Å². The fourth-order valence-corrected chi connectivity index (χ4v) is 2.40. The molecule has 0 radical (unpaired) electrons. The molecule has 84 valence electrons. The smallest absolute Gasteiger partial charge is 0.235 e. The molecule has 1 atom stereocenters. The molecular formula is C8H18N2O3S. The van der Waals surface area contributed by atoms with Gasteiger partial charge in [0.15, 0.2) is 9.84 Å². The predicted molar refractivity (Wildman–Crippen MR) is 55.6 cm³/mol. The summed E-state index contributed by atoms with van der Waals surface area (Å²) in [6, 6.07) is -0.432. The van der Waals surface area contributed by atoms with Gasteiger partial charge in [-0.25, -0.2) is 8.42 Å². The molecule has 0 aliphatic heterocycles. The van der Waals surface area contributed by atoms with Crippen LogP contribution in [0.1, 0.15) is 20.3 Å². The topological polar surface area (TPSA) is 89.3 Å². The van der Waals surface area contributed by atoms with E-state index in [1.54, 1.807) is 6.92 Å². The van der Waals surface area contributed by atoms with Crippen molar-refractivity contribution in [1.29, 1.82) is 0 Å². The van der Waals surface area contributed by atoms with Crippen LogP contribution in [0.15, 0.2) is 0 Å². The summed E-state index contributed by atoms with van der Waals surface area (Å²) >= 11 is 0. The molecule has 0 rings (SSSR count). The highest BCUT2D eigenvalue weighted by atomic mass is 32.2. The second-order valence-electron chi connectivity index (χ2n) is 3.38. The van der Waals surface area contributed by atoms with Crippen molar-refractivity contribution in [2.75, 3.05) is 18.1 Å². The van der Waals surface area contributed by atoms with Gasteiger partial charge in [0.2, 0.25) is 5.91 Å². The van der Waals surface area contributed by atoms with E-state index in [2.05, 4.69) is 5.32 Å². The van der Waals surface area contributed by atoms with Gasteiger partial charge < -0.3 is 11.1 Å². The molecule has 0 aliphatic carbocycles. The van der Waals surface area contributed by atoms with Crippen LogP contribution in [0.25, 0.3) is 0 Å². The van der Waals surface area contributed by atoms with Crippen LogP contribution in [-0.2, 0) is 14.6 Å². The Kier molecular flexibility index (Phi) is 5.71. The minimum atomic E-state index is -3.35. The van der Waals surface area contributed by atoms with Crippen LogP contribution < -0.4 is 11.1 Å². The molecule has 0 bridgehead atoms. The van der Waals surface area contributed by atoms with E-state index in [0.717, 1.165) is 6.42 Å². The fraction of sp³-hybridized carbons (Fsp3) is 0.875. The summed E-state index contributed by atoms with van der Waals surface area (Å²) in [6.45, 7) is 4.00. The lowest BCUT2D eigenvalue weighted by Crippen LogP contribution is -2.35. The van der Waals surface area contributed by atoms with Gasteiger partial charge in [0, 0.05) is 12.6 Å². The third-order valence-electron chi connectivity index (χ3n) is 1.44. The molecule has 6 heteroatoms. The van der Waals surface area contributed by atoms with Gasteiger partial charge >= 0.3 is 0 Å². The molecule has 3 N–H and O–H groups in total. The van der Waals surface area contributed by atoms with Crippen LogP contribution in [0.4, 0.5) is 0 Å². The van der Waals surface area contributed by atoms with Crippen LogP contribution in [-0.4, -0.2) is 38.4 Å². The third-order valence-corrected chi connectivity index (χ3v) is 3.18. The van der Waals surface area contributed by atoms with Crippen molar-refractivity contribution >= 4 is 15.7 Å². The molecule has 0 saturated heterocycles. The number of carbonyl (C=O) groups is 1. The number of sulfone groups is 1. The second kappa shape index (κ2) is 5.98. The number of hydrogen-bond donors (Lipinski definition) is 2. The maximum atomic E-state index is 11.3. The Balaban J connectivity index is 4.03. The summed E-state index contributed by atoms with van der Waals surface area (Å²) in [7, 11) is -3.35. The summed E-state index contributed by atoms with van der Waals surface area (Å²) in [6.07, 6.45) is 0.791. The molecule has 0 saturated carbocycles. The molecular weight excluding hydrogens is 204 g/mol. The summed E-state index contributed by atoms with van der Waals surface area (Å²) in [5, 5.41) is 2.50. The van der Waals surface area contributed by atoms with E-state index >= 15 is 0 Å². The largest absolute Gasteiger partial charge is 0.355 e. The number of nitrogens with one attached hydrogen (secondary N) is 1. The van der Waals surface area contributed by atoms with Crippen molar-refractivity contribution in [2.45, 2.75) is 26.3 Å². The quantitative estimate of drug-likeness (QED) is 0.620. The molecule has 0 aromatic rings. The van der Waals surface area contributed by atoms with Crippen molar-refractivity contribution in [3.05, 3.63) is 0 Å². The van der Waals surface area contributed by atoms with Crippen LogP contribution in [0, 0.1) is 0 Å². The molecule has 0 fully saturated rings. The molecule has 14 heavy (non-hydrogen) atoms. The van der Waals surface area contributed by atoms with Crippen LogP contribution in [0.2, 0.25) is 0 Å². The molecule has 0 aromatic heterocycles. The first-order valence-electron chi connectivity index (χ1n) is 4.60. The van der Waals surface area contributed by atoms with Gasteiger partial charge in [-0.3, -0.25) is 4.79 Å². The average molecular weight is 222 g/mol. The Hall–Kier alpha value is -0.620. The van der Waals surface area contributed by atoms with Crippen molar-refractivity contribution in [3.63, 3.8) is 0 Å². The standard InChI is InChI=1S/C8H18N2O3S/c1-3-4-10-8(11)6-14(12,13)5-7(2)9/h7H,3-6,9H2,1-2H3,(H,10,11). The van der Waals surface area contributed by atoms with Gasteiger partial charge in [0.25, 0.3) is 0 Å². The minimum absolute atomic E-state index is 0.146. The Labute approximate surface area is 85.0 Å². The highest BCUT2D eigenvalue weighted by Crippen LogP contribution is 1.92. The monoisotopic (exact) mass is 222 g/mol. The van der Waals surface area contributed by atoms with Gasteiger partial charge in [0.05, 0.1) is 5.75 Å². The lowest BCUT2D eigenvalue weighted by molar-refractivity contribution is -0.118. The zero-order valence-electron chi connectivity index (χ0n) is 8.62. The Morgan fingerprint density at radius 2 is 2.07 bits per heavy atom. The van der Waals surface area contributed by atoms with Gasteiger partial charge in [0.1, 0.15) is 5.75 Å². The highest BCUT2D eigenvalue weighted by Gasteiger charge is 2.17. The van der Waals surface area contributed by atoms with E-state index in [9.17, 15) is 13.2 Å². The normalized spacial score (nSPS) is 13.6. The maximum Gasteiger partial charge on any atom is 0.235 e. The fourth-order valence-electron chi connectivity index (χ4n) is 0.975. The summed E-state index contributed by atoms with van der Waals surface area (Å²) < 4.78 is 22.5. The van der Waals surface area contributed by atoms with Gasteiger partial charge in [-0.05, 0) is 13.3 Å². The van der Waals surface area contributed by atoms with E-state index in [0.29, 0.717) is 6.54 Å². The number of carbonyl (C=O) groups excluding carboxylic acids is 1. The molecule has 1 amide bonds. The summed E-state index contributed by atoms with van der Waals surface area (Å²) in [4.78, 5) is 11.1. The minimum Gasteiger partial charge on any atom is -0.355 e. The van der Waals surface area contributed by atoms with Gasteiger partial charge in [-0.2, -0.15) is 0 Å². The number of nitrogens with two attached hydrogens (primary N) is 1. The zero-order valence-corrected chi connectivity index (χ0v) is 9.43. The highest BCUT2D eigenvalue weighted by molar-refractivity contribution is 7.92. The zero-order chi connectivity index (χ0) is 11.2. The predicted octanol–water partition coefficient (Wildman–Crippen LogP) is -0.725. The number of rotatable bonds is 6. The Bertz CT molecular complexity index is 272. The number of hydrogen-bond acceptors (Lipinski definition) is 4. The summed E-state index contributed by atoms with van der Waals surface area (Å²) in [5.41, 5.74) is 5.34. The van der Waals surface area contributed by atoms with Gasteiger partial charge in [-0.15, -0.1) is 0 Å². The first-order valence-corrected chi connectivity index (χ1v) is 6.42. The first kappa shape index (κ1) is 13.4. The Morgan fingerprint density at radius 1 is 1.50 bits per heavy atom. The van der Waals surface area contributed by atoms with Crippen LogP contribution in [0.3, 0.4) is 0 Å². The maximum absolute atomic E-state index is 11.3. The van der Waals surface area contributed by atoms with E-state index < -0.39 is 27.5 Å². The molecule has 5 nitrogen and oxygen atoms in total. The Morgan fingerprint density at radius 3 is 2.50 bits per heavy atom. The average Bonchev–Trinajstić information content (AvgIpc) is 1.96. The van der Waals surface area contributed by atoms with Gasteiger partial charge in [-0.1, -0.05) is 6.92 Å². The van der Waals surface area contributed by atoms with E-state index in [-0.39, 0.29) is 5.75 Å². The van der Waals surface area contributed by atoms with E-state index in [4.69, 9.17) is 5.73 Å². The molecule has 0 aliphatic rings. The second-order valence-corrected chi connectivity index (χ2v) is 5.49. The van der Waals surface area contributed by atoms with E-state index in [1.165, 1.54) is 0 Å². The third kappa shape index (κ3) is 6.85. The van der Waals surface area contributed by atoms with Crippen molar-refractivity contribution in [1.82, 2.24) is 5.32 Å². The van der Waals surface area contributed by atoms with Crippen LogP contribution in [0.5, 0.6) is 0 Å². The van der Waals surface area contributed by atoms with Crippen molar-refractivity contribution < 1.29 is 13.2 Å². The first-order chi connectivity index (χ1) is 6.37. The number of amides is 1. The van der Waals surface area contributed by atoms with Crippen molar-refractivity contribution in [3.8, 4) is 0 Å². The summed E-state index contributed by atoms with van der Waals surface area (Å²) in [5.74, 6) is -1.06. The molecule has 0 spiro atoms. The van der Waals surface area contributed by atoms with E-state index in [1.807, 2.05) is 6.92 Å². The lowest BCUT2D eigenvalue weighted by Gasteiger charge is -2.07. The lowest BCUT2D eigenvalue weighted by atomic mass is 10.4. The molecule has 1 unspecified atom stereocenters. The molecule has 0 aromatic carbocycles. The SMILES string of the molecule is CCCNC(=O)CS(=O)(=O)CC(C)N. The van der Waals surface area contributed by atoms with Crippen molar-refractivity contribution in [2.24, 2.45) is 5.73 Å².